The van der Waals surface area contributed by atoms with Crippen LogP contribution in [0.5, 0.6) is 0 Å². The lowest BCUT2D eigenvalue weighted by molar-refractivity contribution is 0.546. The molecule has 2 aromatic rings. The summed E-state index contributed by atoms with van der Waals surface area (Å²) in [4.78, 5) is 8.54. The Hall–Kier alpha value is -1.39. The Morgan fingerprint density at radius 3 is 2.50 bits per heavy atom. The van der Waals surface area contributed by atoms with Crippen LogP contribution in [-0.2, 0) is 5.41 Å². The number of halogens is 3. The number of aromatic nitrogens is 2. The van der Waals surface area contributed by atoms with E-state index in [2.05, 4.69) is 15.3 Å². The smallest absolute Gasteiger partial charge is 0.165 e. The van der Waals surface area contributed by atoms with Gasteiger partial charge in [-0.3, -0.25) is 0 Å². The molecule has 0 aliphatic heterocycles. The largest absolute Gasteiger partial charge is 0.338 e. The predicted molar refractivity (Wildman–Crippen MR) is 80.4 cm³/mol. The van der Waals surface area contributed by atoms with Crippen LogP contribution in [0.4, 0.5) is 15.9 Å². The molecule has 20 heavy (non-hydrogen) atoms. The highest BCUT2D eigenvalue weighted by atomic mass is 35.5. The van der Waals surface area contributed by atoms with Crippen molar-refractivity contribution in [2.75, 3.05) is 5.32 Å². The van der Waals surface area contributed by atoms with Gasteiger partial charge in [0.25, 0.3) is 0 Å². The van der Waals surface area contributed by atoms with Crippen molar-refractivity contribution >= 4 is 34.7 Å². The maximum atomic E-state index is 13.9. The monoisotopic (exact) mass is 313 g/mol. The maximum Gasteiger partial charge on any atom is 0.165 e. The maximum absolute atomic E-state index is 13.9. The Bertz CT molecular complexity index is 639. The summed E-state index contributed by atoms with van der Waals surface area (Å²) < 4.78 is 13.9. The molecule has 0 bridgehead atoms. The van der Waals surface area contributed by atoms with Crippen LogP contribution >= 0.6 is 23.2 Å². The Kier molecular flexibility index (Phi) is 4.16. The summed E-state index contributed by atoms with van der Waals surface area (Å²) in [6, 6.07) is 6.25. The average molecular weight is 314 g/mol. The van der Waals surface area contributed by atoms with Crippen molar-refractivity contribution in [3.63, 3.8) is 0 Å². The molecule has 1 heterocycles. The average Bonchev–Trinajstić information content (AvgIpc) is 2.33. The molecule has 1 aromatic heterocycles. The van der Waals surface area contributed by atoms with Crippen LogP contribution in [0.3, 0.4) is 0 Å². The van der Waals surface area contributed by atoms with Crippen LogP contribution in [0.1, 0.15) is 26.6 Å². The quantitative estimate of drug-likeness (QED) is 0.796. The SMILES string of the molecule is CC(C)(C)c1nc(Cl)cc(Nc2cccc(Cl)c2F)n1. The molecular weight excluding hydrogens is 300 g/mol. The van der Waals surface area contributed by atoms with E-state index in [4.69, 9.17) is 23.2 Å². The molecule has 0 radical (unpaired) electrons. The zero-order chi connectivity index (χ0) is 14.9. The summed E-state index contributed by atoms with van der Waals surface area (Å²) in [7, 11) is 0. The van der Waals surface area contributed by atoms with Crippen LogP contribution < -0.4 is 5.32 Å². The third-order valence-electron chi connectivity index (χ3n) is 2.58. The first-order valence-electron chi connectivity index (χ1n) is 6.03. The molecule has 106 valence electrons. The number of rotatable bonds is 2. The highest BCUT2D eigenvalue weighted by Gasteiger charge is 2.19. The van der Waals surface area contributed by atoms with E-state index in [0.717, 1.165) is 0 Å². The molecule has 2 rings (SSSR count). The third-order valence-corrected chi connectivity index (χ3v) is 3.07. The molecule has 0 unspecified atom stereocenters. The molecule has 0 amide bonds. The van der Waals surface area contributed by atoms with Crippen molar-refractivity contribution in [2.45, 2.75) is 26.2 Å². The molecule has 6 heteroatoms. The van der Waals surface area contributed by atoms with Gasteiger partial charge in [0.2, 0.25) is 0 Å². The first kappa shape index (κ1) is 15.0. The molecule has 0 saturated carbocycles. The molecule has 0 saturated heterocycles. The molecule has 0 fully saturated rings. The summed E-state index contributed by atoms with van der Waals surface area (Å²) in [6.07, 6.45) is 0. The van der Waals surface area contributed by atoms with Crippen LogP contribution in [0.25, 0.3) is 0 Å². The second kappa shape index (κ2) is 5.54. The number of hydrogen-bond donors (Lipinski definition) is 1. The summed E-state index contributed by atoms with van der Waals surface area (Å²) in [6.45, 7) is 5.92. The lowest BCUT2D eigenvalue weighted by Gasteiger charge is -2.18. The van der Waals surface area contributed by atoms with Gasteiger partial charge in [0.05, 0.1) is 10.7 Å². The molecule has 0 spiro atoms. The molecule has 0 aliphatic rings. The number of benzene rings is 1. The van der Waals surface area contributed by atoms with E-state index >= 15 is 0 Å². The number of nitrogens with zero attached hydrogens (tertiary/aromatic N) is 2. The second-order valence-electron chi connectivity index (χ2n) is 5.38. The van der Waals surface area contributed by atoms with Crippen molar-refractivity contribution in [1.29, 1.82) is 0 Å². The number of hydrogen-bond acceptors (Lipinski definition) is 3. The first-order valence-corrected chi connectivity index (χ1v) is 6.79. The number of anilines is 2. The van der Waals surface area contributed by atoms with Gasteiger partial charge < -0.3 is 5.32 Å². The van der Waals surface area contributed by atoms with E-state index in [1.807, 2.05) is 20.8 Å². The summed E-state index contributed by atoms with van der Waals surface area (Å²) in [5.74, 6) is 0.479. The fraction of sp³-hybridized carbons (Fsp3) is 0.286. The Labute approximate surface area is 127 Å². The molecular formula is C14H14Cl2FN3. The molecule has 3 nitrogen and oxygen atoms in total. The van der Waals surface area contributed by atoms with Gasteiger partial charge >= 0.3 is 0 Å². The molecule has 0 aliphatic carbocycles. The van der Waals surface area contributed by atoms with Gasteiger partial charge in [0.15, 0.2) is 5.82 Å². The minimum Gasteiger partial charge on any atom is -0.338 e. The van der Waals surface area contributed by atoms with E-state index in [9.17, 15) is 4.39 Å². The highest BCUT2D eigenvalue weighted by molar-refractivity contribution is 6.31. The Morgan fingerprint density at radius 1 is 1.15 bits per heavy atom. The summed E-state index contributed by atoms with van der Waals surface area (Å²) >= 11 is 11.7. The minimum atomic E-state index is -0.527. The van der Waals surface area contributed by atoms with E-state index in [1.165, 1.54) is 12.1 Å². The Balaban J connectivity index is 2.39. The summed E-state index contributed by atoms with van der Waals surface area (Å²) in [5, 5.41) is 3.22. The fourth-order valence-electron chi connectivity index (χ4n) is 1.56. The second-order valence-corrected chi connectivity index (χ2v) is 6.17. The van der Waals surface area contributed by atoms with Crippen LogP contribution in [0.15, 0.2) is 24.3 Å². The normalized spacial score (nSPS) is 11.5. The van der Waals surface area contributed by atoms with Gasteiger partial charge in [-0.15, -0.1) is 0 Å². The van der Waals surface area contributed by atoms with E-state index in [1.54, 1.807) is 12.1 Å². The predicted octanol–water partition coefficient (Wildman–Crippen LogP) is 4.96. The van der Waals surface area contributed by atoms with E-state index < -0.39 is 5.82 Å². The van der Waals surface area contributed by atoms with Gasteiger partial charge in [-0.25, -0.2) is 14.4 Å². The van der Waals surface area contributed by atoms with E-state index in [-0.39, 0.29) is 16.1 Å². The van der Waals surface area contributed by atoms with Crippen molar-refractivity contribution in [3.8, 4) is 0 Å². The van der Waals surface area contributed by atoms with Gasteiger partial charge in [-0.1, -0.05) is 50.0 Å². The van der Waals surface area contributed by atoms with Crippen molar-refractivity contribution < 1.29 is 4.39 Å². The van der Waals surface area contributed by atoms with Gasteiger partial charge in [-0.05, 0) is 12.1 Å². The molecule has 1 aromatic carbocycles. The van der Waals surface area contributed by atoms with Crippen molar-refractivity contribution in [1.82, 2.24) is 9.97 Å². The van der Waals surface area contributed by atoms with Crippen molar-refractivity contribution in [2.24, 2.45) is 0 Å². The standard InChI is InChI=1S/C14H14Cl2FN3/c1-14(2,3)13-19-10(16)7-11(20-13)18-9-6-4-5-8(15)12(9)17/h4-7H,1-3H3,(H,18,19,20). The summed E-state index contributed by atoms with van der Waals surface area (Å²) in [5.41, 5.74) is -0.0130. The molecule has 1 N–H and O–H groups in total. The zero-order valence-electron chi connectivity index (χ0n) is 11.3. The third kappa shape index (κ3) is 3.38. The number of nitrogens with one attached hydrogen (secondary N) is 1. The first-order chi connectivity index (χ1) is 9.27. The van der Waals surface area contributed by atoms with Gasteiger partial charge in [0, 0.05) is 11.5 Å². The van der Waals surface area contributed by atoms with Crippen LogP contribution in [0.2, 0.25) is 10.2 Å². The topological polar surface area (TPSA) is 37.8 Å². The highest BCUT2D eigenvalue weighted by Crippen LogP contribution is 2.27. The lowest BCUT2D eigenvalue weighted by atomic mass is 9.96. The fourth-order valence-corrected chi connectivity index (χ4v) is 1.91. The lowest BCUT2D eigenvalue weighted by Crippen LogP contribution is -2.16. The van der Waals surface area contributed by atoms with Gasteiger partial charge in [-0.2, -0.15) is 0 Å². The zero-order valence-corrected chi connectivity index (χ0v) is 12.8. The van der Waals surface area contributed by atoms with Gasteiger partial charge in [0.1, 0.15) is 16.8 Å². The minimum absolute atomic E-state index is 0.0474. The Morgan fingerprint density at radius 2 is 1.85 bits per heavy atom. The van der Waals surface area contributed by atoms with Crippen LogP contribution in [0, 0.1) is 5.82 Å². The van der Waals surface area contributed by atoms with Crippen LogP contribution in [-0.4, -0.2) is 9.97 Å². The van der Waals surface area contributed by atoms with Crippen molar-refractivity contribution in [3.05, 3.63) is 46.1 Å². The molecule has 0 atom stereocenters. The van der Waals surface area contributed by atoms with E-state index in [0.29, 0.717) is 16.8 Å².